The van der Waals surface area contributed by atoms with Gasteiger partial charge in [0.15, 0.2) is 0 Å². The average Bonchev–Trinajstić information content (AvgIpc) is 2.87. The van der Waals surface area contributed by atoms with Gasteiger partial charge in [0.1, 0.15) is 16.1 Å². The van der Waals surface area contributed by atoms with Gasteiger partial charge >= 0.3 is 5.97 Å². The van der Waals surface area contributed by atoms with Crippen molar-refractivity contribution < 1.29 is 24.2 Å². The van der Waals surface area contributed by atoms with Crippen molar-refractivity contribution in [1.82, 2.24) is 10.2 Å². The Morgan fingerprint density at radius 2 is 2.04 bits per heavy atom. The van der Waals surface area contributed by atoms with E-state index in [1.54, 1.807) is 25.3 Å². The molecule has 1 atom stereocenters. The van der Waals surface area contributed by atoms with Gasteiger partial charge in [-0.15, -0.1) is 0 Å². The van der Waals surface area contributed by atoms with Crippen LogP contribution in [0, 0.1) is 0 Å². The first-order valence-electron chi connectivity index (χ1n) is 7.73. The molecule has 9 heteroatoms. The van der Waals surface area contributed by atoms with Gasteiger partial charge in [-0.2, -0.15) is 0 Å². The Labute approximate surface area is 160 Å². The van der Waals surface area contributed by atoms with E-state index in [-0.39, 0.29) is 18.9 Å². The van der Waals surface area contributed by atoms with Crippen LogP contribution in [0.5, 0.6) is 5.75 Å². The molecular formula is C17H18N2O5S2. The molecule has 1 aliphatic heterocycles. The van der Waals surface area contributed by atoms with Crippen molar-refractivity contribution >= 4 is 52.2 Å². The van der Waals surface area contributed by atoms with Crippen LogP contribution < -0.4 is 10.1 Å². The minimum absolute atomic E-state index is 0.0279. The SMILES string of the molecule is COc1ccc(/C=C2/SC(=S)N(CCC(=O)N[C@@H](C)C(=O)O)C2=O)cc1. The van der Waals surface area contributed by atoms with Crippen molar-refractivity contribution in [3.05, 3.63) is 34.7 Å². The van der Waals surface area contributed by atoms with E-state index in [9.17, 15) is 14.4 Å². The molecule has 7 nitrogen and oxygen atoms in total. The molecule has 0 radical (unpaired) electrons. The highest BCUT2D eigenvalue weighted by Crippen LogP contribution is 2.32. The molecule has 26 heavy (non-hydrogen) atoms. The van der Waals surface area contributed by atoms with E-state index < -0.39 is 17.9 Å². The molecule has 1 aromatic rings. The fraction of sp³-hybridized carbons (Fsp3) is 0.294. The van der Waals surface area contributed by atoms with Crippen molar-refractivity contribution in [2.75, 3.05) is 13.7 Å². The van der Waals surface area contributed by atoms with E-state index >= 15 is 0 Å². The van der Waals surface area contributed by atoms with Crippen LogP contribution in [0.2, 0.25) is 0 Å². The van der Waals surface area contributed by atoms with Crippen LogP contribution in [0.3, 0.4) is 0 Å². The summed E-state index contributed by atoms with van der Waals surface area (Å²) in [5.41, 5.74) is 0.833. The fourth-order valence-corrected chi connectivity index (χ4v) is 3.44. The number of carboxylic acid groups (broad SMARTS) is 1. The number of nitrogens with one attached hydrogen (secondary N) is 1. The third kappa shape index (κ3) is 5.06. The first-order chi connectivity index (χ1) is 12.3. The molecule has 2 rings (SSSR count). The first kappa shape index (κ1) is 19.9. The summed E-state index contributed by atoms with van der Waals surface area (Å²) in [6, 6.07) is 6.25. The summed E-state index contributed by atoms with van der Waals surface area (Å²) >= 11 is 6.38. The van der Waals surface area contributed by atoms with Crippen LogP contribution >= 0.6 is 24.0 Å². The second kappa shape index (κ2) is 8.81. The molecule has 1 heterocycles. The highest BCUT2D eigenvalue weighted by molar-refractivity contribution is 8.26. The zero-order valence-electron chi connectivity index (χ0n) is 14.2. The maximum Gasteiger partial charge on any atom is 0.325 e. The number of hydrogen-bond acceptors (Lipinski definition) is 6. The number of carbonyl (C=O) groups is 3. The largest absolute Gasteiger partial charge is 0.497 e. The Morgan fingerprint density at radius 3 is 2.62 bits per heavy atom. The van der Waals surface area contributed by atoms with Gasteiger partial charge in [0.25, 0.3) is 5.91 Å². The van der Waals surface area contributed by atoms with Gasteiger partial charge in [-0.1, -0.05) is 36.1 Å². The monoisotopic (exact) mass is 394 g/mol. The predicted octanol–water partition coefficient (Wildman–Crippen LogP) is 1.88. The first-order valence-corrected chi connectivity index (χ1v) is 8.96. The summed E-state index contributed by atoms with van der Waals surface area (Å²) in [5.74, 6) is -1.12. The van der Waals surface area contributed by atoms with E-state index in [2.05, 4.69) is 5.32 Å². The minimum Gasteiger partial charge on any atom is -0.497 e. The second-order valence-electron chi connectivity index (χ2n) is 5.48. The number of carboxylic acids is 1. The van der Waals surface area contributed by atoms with Crippen molar-refractivity contribution in [2.45, 2.75) is 19.4 Å². The van der Waals surface area contributed by atoms with Crippen LogP contribution in [0.25, 0.3) is 6.08 Å². The number of methoxy groups -OCH3 is 1. The van der Waals surface area contributed by atoms with Crippen molar-refractivity contribution in [1.29, 1.82) is 0 Å². The minimum atomic E-state index is -1.12. The number of rotatable bonds is 7. The molecule has 0 spiro atoms. The van der Waals surface area contributed by atoms with Gasteiger partial charge in [0.2, 0.25) is 5.91 Å². The average molecular weight is 394 g/mol. The summed E-state index contributed by atoms with van der Waals surface area (Å²) in [7, 11) is 1.58. The van der Waals surface area contributed by atoms with E-state index in [1.807, 2.05) is 12.1 Å². The lowest BCUT2D eigenvalue weighted by molar-refractivity contribution is -0.141. The summed E-state index contributed by atoms with van der Waals surface area (Å²) in [4.78, 5) is 36.8. The Hall–Kier alpha value is -2.39. The number of hydrogen-bond donors (Lipinski definition) is 2. The normalized spacial score (nSPS) is 16.7. The number of nitrogens with zero attached hydrogens (tertiary/aromatic N) is 1. The molecule has 1 aliphatic rings. The summed E-state index contributed by atoms with van der Waals surface area (Å²) in [6.45, 7) is 1.47. The highest BCUT2D eigenvalue weighted by atomic mass is 32.2. The Balaban J connectivity index is 1.98. The van der Waals surface area contributed by atoms with Crippen LogP contribution in [0.1, 0.15) is 18.9 Å². The lowest BCUT2D eigenvalue weighted by atomic mass is 10.2. The molecule has 0 aromatic heterocycles. The van der Waals surface area contributed by atoms with E-state index in [4.69, 9.17) is 22.1 Å². The molecule has 0 saturated carbocycles. The standard InChI is InChI=1S/C17H18N2O5S2/c1-10(16(22)23)18-14(20)7-8-19-15(21)13(26-17(19)25)9-11-3-5-12(24-2)6-4-11/h3-6,9-10H,7-8H2,1-2H3,(H,18,20)(H,22,23)/b13-9+/t10-/m0/s1. The Morgan fingerprint density at radius 1 is 1.38 bits per heavy atom. The molecular weight excluding hydrogens is 376 g/mol. The van der Waals surface area contributed by atoms with E-state index in [1.165, 1.54) is 23.6 Å². The molecule has 138 valence electrons. The lowest BCUT2D eigenvalue weighted by Gasteiger charge is -2.15. The van der Waals surface area contributed by atoms with Gasteiger partial charge in [0.05, 0.1) is 12.0 Å². The molecule has 2 N–H and O–H groups in total. The molecule has 1 saturated heterocycles. The van der Waals surface area contributed by atoms with Crippen LogP contribution in [-0.2, 0) is 14.4 Å². The van der Waals surface area contributed by atoms with Crippen molar-refractivity contribution in [3.8, 4) is 5.75 Å². The van der Waals surface area contributed by atoms with Gasteiger partial charge in [-0.3, -0.25) is 19.3 Å². The Bertz CT molecular complexity index is 761. The molecule has 1 aromatic carbocycles. The fourth-order valence-electron chi connectivity index (χ4n) is 2.13. The number of amides is 2. The van der Waals surface area contributed by atoms with Crippen LogP contribution in [0.15, 0.2) is 29.2 Å². The summed E-state index contributed by atoms with van der Waals surface area (Å²) in [5, 5.41) is 11.1. The number of carbonyl (C=O) groups excluding carboxylic acids is 2. The number of thioether (sulfide) groups is 1. The molecule has 0 aliphatic carbocycles. The molecule has 1 fully saturated rings. The maximum absolute atomic E-state index is 12.5. The number of thiocarbonyl (C=S) groups is 1. The van der Waals surface area contributed by atoms with Gasteiger partial charge in [-0.05, 0) is 30.7 Å². The third-order valence-corrected chi connectivity index (χ3v) is 4.98. The van der Waals surface area contributed by atoms with Gasteiger partial charge in [-0.25, -0.2) is 0 Å². The van der Waals surface area contributed by atoms with Crippen LogP contribution in [-0.4, -0.2) is 51.8 Å². The van der Waals surface area contributed by atoms with Crippen molar-refractivity contribution in [3.63, 3.8) is 0 Å². The summed E-state index contributed by atoms with van der Waals surface area (Å²) in [6.07, 6.45) is 1.70. The topological polar surface area (TPSA) is 95.9 Å². The van der Waals surface area contributed by atoms with E-state index in [0.29, 0.717) is 9.23 Å². The molecule has 0 unspecified atom stereocenters. The molecule has 2 amide bonds. The zero-order valence-corrected chi connectivity index (χ0v) is 15.9. The summed E-state index contributed by atoms with van der Waals surface area (Å²) < 4.78 is 5.46. The maximum atomic E-state index is 12.5. The molecule has 0 bridgehead atoms. The quantitative estimate of drug-likeness (QED) is 0.538. The second-order valence-corrected chi connectivity index (χ2v) is 7.16. The zero-order chi connectivity index (χ0) is 19.3. The smallest absolute Gasteiger partial charge is 0.325 e. The third-order valence-electron chi connectivity index (χ3n) is 3.60. The van der Waals surface area contributed by atoms with Gasteiger partial charge in [0, 0.05) is 13.0 Å². The lowest BCUT2D eigenvalue weighted by Crippen LogP contribution is -2.40. The highest BCUT2D eigenvalue weighted by Gasteiger charge is 2.32. The van der Waals surface area contributed by atoms with Crippen molar-refractivity contribution in [2.24, 2.45) is 0 Å². The Kier molecular flexibility index (Phi) is 6.76. The van der Waals surface area contributed by atoms with E-state index in [0.717, 1.165) is 11.3 Å². The number of aliphatic carboxylic acids is 1. The van der Waals surface area contributed by atoms with Gasteiger partial charge < -0.3 is 15.2 Å². The van der Waals surface area contributed by atoms with Crippen LogP contribution in [0.4, 0.5) is 0 Å². The number of ether oxygens (including phenoxy) is 1. The number of benzene rings is 1. The predicted molar refractivity (Wildman–Crippen MR) is 103 cm³/mol.